The van der Waals surface area contributed by atoms with E-state index in [-0.39, 0.29) is 25.4 Å². The summed E-state index contributed by atoms with van der Waals surface area (Å²) in [5.74, 6) is -2.67. The molecule has 126 valence electrons. The van der Waals surface area contributed by atoms with E-state index in [1.165, 1.54) is 0 Å². The van der Waals surface area contributed by atoms with E-state index in [2.05, 4.69) is 0 Å². The molecule has 2 heterocycles. The summed E-state index contributed by atoms with van der Waals surface area (Å²) in [4.78, 5) is 22.4. The molecule has 8 nitrogen and oxygen atoms in total. The van der Waals surface area contributed by atoms with Crippen molar-refractivity contribution in [2.24, 2.45) is 0 Å². The first-order valence-electron chi connectivity index (χ1n) is 7.50. The third-order valence-corrected chi connectivity index (χ3v) is 3.50. The Kier molecular flexibility index (Phi) is 6.56. The quantitative estimate of drug-likeness (QED) is 0.367. The molecule has 0 radical (unpaired) electrons. The van der Waals surface area contributed by atoms with Gasteiger partial charge in [-0.15, -0.1) is 0 Å². The van der Waals surface area contributed by atoms with E-state index >= 15 is 0 Å². The topological polar surface area (TPSA) is 118 Å². The number of carbonyl (C=O) groups is 2. The van der Waals surface area contributed by atoms with Gasteiger partial charge in [-0.25, -0.2) is 9.59 Å². The van der Waals surface area contributed by atoms with Crippen molar-refractivity contribution in [2.45, 2.75) is 50.1 Å². The van der Waals surface area contributed by atoms with Gasteiger partial charge < -0.3 is 29.2 Å². The van der Waals surface area contributed by atoms with E-state index in [4.69, 9.17) is 29.2 Å². The van der Waals surface area contributed by atoms with Crippen molar-refractivity contribution in [3.63, 3.8) is 0 Å². The molecule has 0 spiro atoms. The fraction of sp³-hybridized carbons (Fsp3) is 0.857. The maximum atomic E-state index is 11.2. The lowest BCUT2D eigenvalue weighted by Crippen LogP contribution is -2.44. The molecule has 2 rings (SSSR count). The van der Waals surface area contributed by atoms with Crippen LogP contribution in [0.25, 0.3) is 0 Å². The highest BCUT2D eigenvalue weighted by molar-refractivity contribution is 5.83. The second kappa shape index (κ2) is 8.42. The van der Waals surface area contributed by atoms with E-state index in [0.29, 0.717) is 12.8 Å². The van der Waals surface area contributed by atoms with Crippen molar-refractivity contribution in [3.05, 3.63) is 0 Å². The normalized spacial score (nSPS) is 25.5. The molecular weight excluding hydrogens is 296 g/mol. The lowest BCUT2D eigenvalue weighted by atomic mass is 10.2. The van der Waals surface area contributed by atoms with Gasteiger partial charge in [0.1, 0.15) is 0 Å². The number of carboxylic acid groups (broad SMARTS) is 2. The number of epoxide rings is 2. The largest absolute Gasteiger partial charge is 0.479 e. The minimum Gasteiger partial charge on any atom is -0.479 e. The molecule has 4 atom stereocenters. The van der Waals surface area contributed by atoms with Gasteiger partial charge in [0.05, 0.1) is 25.4 Å². The lowest BCUT2D eigenvalue weighted by Gasteiger charge is -2.21. The summed E-state index contributed by atoms with van der Waals surface area (Å²) in [6.07, 6.45) is 0.286. The van der Waals surface area contributed by atoms with Crippen LogP contribution in [0.4, 0.5) is 0 Å². The molecular formula is C14H22O8. The molecule has 0 aromatic rings. The average molecular weight is 318 g/mol. The van der Waals surface area contributed by atoms with Gasteiger partial charge in [-0.1, -0.05) is 0 Å². The minimum absolute atomic E-state index is 0.167. The highest BCUT2D eigenvalue weighted by Crippen LogP contribution is 2.17. The first kappa shape index (κ1) is 17.1. The van der Waals surface area contributed by atoms with E-state index < -0.39 is 24.1 Å². The summed E-state index contributed by atoms with van der Waals surface area (Å²) in [6, 6.07) is 0. The van der Waals surface area contributed by atoms with Gasteiger partial charge >= 0.3 is 11.9 Å². The second-order valence-corrected chi connectivity index (χ2v) is 5.45. The molecule has 0 aromatic heterocycles. The van der Waals surface area contributed by atoms with Crippen LogP contribution in [0.3, 0.4) is 0 Å². The molecule has 2 aliphatic heterocycles. The summed E-state index contributed by atoms with van der Waals surface area (Å²) in [7, 11) is 0. The van der Waals surface area contributed by atoms with Crippen LogP contribution in [0.5, 0.6) is 0 Å². The minimum atomic E-state index is -1.50. The van der Waals surface area contributed by atoms with Crippen molar-refractivity contribution >= 4 is 11.9 Å². The number of hydrogen-bond acceptors (Lipinski definition) is 6. The van der Waals surface area contributed by atoms with Gasteiger partial charge in [0.2, 0.25) is 0 Å². The number of rotatable bonds is 13. The number of aliphatic carboxylic acids is 2. The summed E-state index contributed by atoms with van der Waals surface area (Å²) in [6.45, 7) is 1.79. The van der Waals surface area contributed by atoms with Crippen molar-refractivity contribution in [1.82, 2.24) is 0 Å². The number of carboxylic acids is 2. The Morgan fingerprint density at radius 1 is 0.909 bits per heavy atom. The molecule has 2 aliphatic rings. The maximum absolute atomic E-state index is 11.2. The Morgan fingerprint density at radius 3 is 1.55 bits per heavy atom. The monoisotopic (exact) mass is 318 g/mol. The molecule has 2 fully saturated rings. The van der Waals surface area contributed by atoms with Crippen LogP contribution < -0.4 is 0 Å². The van der Waals surface area contributed by atoms with Gasteiger partial charge in [-0.2, -0.15) is 0 Å². The Labute approximate surface area is 128 Å². The molecule has 0 aliphatic carbocycles. The highest BCUT2D eigenvalue weighted by atomic mass is 16.6. The molecule has 0 amide bonds. The Morgan fingerprint density at radius 2 is 1.27 bits per heavy atom. The Bertz CT molecular complexity index is 341. The molecule has 0 aromatic carbocycles. The Hall–Kier alpha value is -1.22. The van der Waals surface area contributed by atoms with Crippen LogP contribution in [0.1, 0.15) is 25.7 Å². The van der Waals surface area contributed by atoms with Gasteiger partial charge in [0, 0.05) is 13.2 Å². The summed E-state index contributed by atoms with van der Waals surface area (Å²) in [5, 5.41) is 18.3. The standard InChI is InChI=1S/C14H22O8/c15-13(16)11(19-5-1-3-9-7-21-9)12(14(17)18)20-6-2-4-10-8-22-10/h9-12H,1-8H2,(H,15,16)(H,17,18). The van der Waals surface area contributed by atoms with Crippen molar-refractivity contribution in [2.75, 3.05) is 26.4 Å². The highest BCUT2D eigenvalue weighted by Gasteiger charge is 2.36. The predicted octanol–water partition coefficient (Wildman–Crippen LogP) is 0.284. The van der Waals surface area contributed by atoms with E-state index in [1.54, 1.807) is 0 Å². The zero-order valence-corrected chi connectivity index (χ0v) is 12.3. The van der Waals surface area contributed by atoms with Crippen LogP contribution >= 0.6 is 0 Å². The van der Waals surface area contributed by atoms with Crippen LogP contribution in [0, 0.1) is 0 Å². The SMILES string of the molecule is O=C(O)C(OCCCC1CO1)C(OCCCC1CO1)C(=O)O. The molecule has 2 N–H and O–H groups in total. The molecule has 2 saturated heterocycles. The fourth-order valence-corrected chi connectivity index (χ4v) is 2.09. The van der Waals surface area contributed by atoms with Crippen LogP contribution in [0.15, 0.2) is 0 Å². The summed E-state index contributed by atoms with van der Waals surface area (Å²) >= 11 is 0. The van der Waals surface area contributed by atoms with E-state index in [9.17, 15) is 9.59 Å². The third kappa shape index (κ3) is 6.27. The number of ether oxygens (including phenoxy) is 4. The van der Waals surface area contributed by atoms with Crippen LogP contribution in [0.2, 0.25) is 0 Å². The molecule has 22 heavy (non-hydrogen) atoms. The Balaban J connectivity index is 1.71. The average Bonchev–Trinajstić information content (AvgIpc) is 3.34. The summed E-state index contributed by atoms with van der Waals surface area (Å²) < 4.78 is 20.5. The lowest BCUT2D eigenvalue weighted by molar-refractivity contribution is -0.176. The van der Waals surface area contributed by atoms with Gasteiger partial charge in [0.15, 0.2) is 12.2 Å². The first-order chi connectivity index (χ1) is 10.6. The van der Waals surface area contributed by atoms with Crippen molar-refractivity contribution in [3.8, 4) is 0 Å². The number of hydrogen-bond donors (Lipinski definition) is 2. The van der Waals surface area contributed by atoms with Crippen LogP contribution in [-0.4, -0.2) is 73.0 Å². The summed E-state index contributed by atoms with van der Waals surface area (Å²) in [5.41, 5.74) is 0. The van der Waals surface area contributed by atoms with Crippen LogP contribution in [-0.2, 0) is 28.5 Å². The zero-order chi connectivity index (χ0) is 15.9. The smallest absolute Gasteiger partial charge is 0.336 e. The molecule has 4 unspecified atom stereocenters. The van der Waals surface area contributed by atoms with Gasteiger partial charge in [0.25, 0.3) is 0 Å². The van der Waals surface area contributed by atoms with E-state index in [1.807, 2.05) is 0 Å². The predicted molar refractivity (Wildman–Crippen MR) is 72.7 cm³/mol. The maximum Gasteiger partial charge on any atom is 0.336 e. The second-order valence-electron chi connectivity index (χ2n) is 5.45. The third-order valence-electron chi connectivity index (χ3n) is 3.50. The van der Waals surface area contributed by atoms with Gasteiger partial charge in [-0.05, 0) is 25.7 Å². The fourth-order valence-electron chi connectivity index (χ4n) is 2.09. The van der Waals surface area contributed by atoms with E-state index in [0.717, 1.165) is 26.1 Å². The zero-order valence-electron chi connectivity index (χ0n) is 12.3. The molecule has 8 heteroatoms. The molecule has 0 bridgehead atoms. The first-order valence-corrected chi connectivity index (χ1v) is 7.50. The van der Waals surface area contributed by atoms with Crippen molar-refractivity contribution < 1.29 is 38.7 Å². The van der Waals surface area contributed by atoms with Gasteiger partial charge in [-0.3, -0.25) is 0 Å². The molecule has 0 saturated carbocycles. The van der Waals surface area contributed by atoms with Crippen molar-refractivity contribution in [1.29, 1.82) is 0 Å².